The minimum atomic E-state index is -0.200. The molecular formula is C28H41N9O3. The smallest absolute Gasteiger partial charge is 0.249 e. The molecule has 1 aromatic rings. The maximum atomic E-state index is 13.6. The maximum Gasteiger partial charge on any atom is 0.249 e. The minimum absolute atomic E-state index is 0.0227. The quantitative estimate of drug-likeness (QED) is 0.369. The number of ether oxygens (including phenoxy) is 1. The molecule has 0 aliphatic carbocycles. The number of morpholine rings is 1. The van der Waals surface area contributed by atoms with Gasteiger partial charge >= 0.3 is 0 Å². The van der Waals surface area contributed by atoms with Gasteiger partial charge in [0.25, 0.3) is 0 Å². The second kappa shape index (κ2) is 10.9. The highest BCUT2D eigenvalue weighted by molar-refractivity contribution is 5.82. The van der Waals surface area contributed by atoms with E-state index >= 15 is 0 Å². The van der Waals surface area contributed by atoms with Gasteiger partial charge in [0.15, 0.2) is 0 Å². The van der Waals surface area contributed by atoms with E-state index in [2.05, 4.69) is 79.5 Å². The van der Waals surface area contributed by atoms with E-state index in [0.717, 1.165) is 51.1 Å². The lowest BCUT2D eigenvalue weighted by atomic mass is 9.99. The van der Waals surface area contributed by atoms with Crippen molar-refractivity contribution in [3.05, 3.63) is 36.4 Å². The first-order chi connectivity index (χ1) is 19.5. The van der Waals surface area contributed by atoms with Crippen LogP contribution in [0.1, 0.15) is 19.3 Å². The number of hydrogen-bond donors (Lipinski definition) is 4. The highest BCUT2D eigenvalue weighted by atomic mass is 16.5. The molecule has 12 heteroatoms. The summed E-state index contributed by atoms with van der Waals surface area (Å²) in [5, 5.41) is 18.6. The van der Waals surface area contributed by atoms with Crippen molar-refractivity contribution in [1.29, 1.82) is 0 Å². The average Bonchev–Trinajstić information content (AvgIpc) is 3.23. The van der Waals surface area contributed by atoms with Gasteiger partial charge in [-0.15, -0.1) is 0 Å². The summed E-state index contributed by atoms with van der Waals surface area (Å²) in [6.45, 7) is 6.16. The first-order valence-corrected chi connectivity index (χ1v) is 14.8. The van der Waals surface area contributed by atoms with Crippen molar-refractivity contribution in [2.45, 2.75) is 50.2 Å². The van der Waals surface area contributed by atoms with Gasteiger partial charge in [-0.1, -0.05) is 12.2 Å². The number of carbonyl (C=O) groups excluding carboxylic acids is 2. The summed E-state index contributed by atoms with van der Waals surface area (Å²) in [6, 6.07) is 8.62. The van der Waals surface area contributed by atoms with Crippen LogP contribution in [0.3, 0.4) is 0 Å². The van der Waals surface area contributed by atoms with Crippen LogP contribution in [0.2, 0.25) is 0 Å². The average molecular weight is 552 g/mol. The van der Waals surface area contributed by atoms with E-state index in [1.807, 2.05) is 9.91 Å². The zero-order valence-electron chi connectivity index (χ0n) is 23.2. The molecule has 0 saturated carbocycles. The first-order valence-electron chi connectivity index (χ1n) is 14.8. The molecule has 4 N–H and O–H groups in total. The summed E-state index contributed by atoms with van der Waals surface area (Å²) in [6.07, 6.45) is 5.93. The van der Waals surface area contributed by atoms with Crippen molar-refractivity contribution in [3.8, 4) is 0 Å². The summed E-state index contributed by atoms with van der Waals surface area (Å²) in [7, 11) is 2.17. The number of likely N-dealkylation sites (N-methyl/N-ethyl adjacent to an activating group) is 1. The highest BCUT2D eigenvalue weighted by Crippen LogP contribution is 2.33. The molecule has 6 heterocycles. The van der Waals surface area contributed by atoms with E-state index in [4.69, 9.17) is 4.74 Å². The number of anilines is 2. The number of carbonyl (C=O) groups is 2. The van der Waals surface area contributed by atoms with E-state index < -0.39 is 0 Å². The third-order valence-electron chi connectivity index (χ3n) is 9.26. The number of nitrogens with one attached hydrogen (secondary N) is 4. The summed E-state index contributed by atoms with van der Waals surface area (Å²) in [4.78, 5) is 33.1. The molecule has 6 unspecified atom stereocenters. The molecule has 12 nitrogen and oxygen atoms in total. The number of amides is 2. The summed E-state index contributed by atoms with van der Waals surface area (Å²) in [5.74, 6) is -0.0494. The van der Waals surface area contributed by atoms with Gasteiger partial charge in [-0.05, 0) is 50.6 Å². The topological polar surface area (TPSA) is 108 Å². The fourth-order valence-electron chi connectivity index (χ4n) is 7.01. The second-order valence-corrected chi connectivity index (χ2v) is 11.7. The fourth-order valence-corrected chi connectivity index (χ4v) is 7.01. The molecule has 216 valence electrons. The molecule has 6 aliphatic rings. The van der Waals surface area contributed by atoms with Crippen LogP contribution in [-0.4, -0.2) is 122 Å². The van der Waals surface area contributed by atoms with Crippen molar-refractivity contribution in [3.63, 3.8) is 0 Å². The largest absolute Gasteiger partial charge is 0.369 e. The number of piperidine rings is 1. The number of fused-ring (bicyclic) bond motifs is 5. The molecule has 6 aliphatic heterocycles. The van der Waals surface area contributed by atoms with E-state index in [9.17, 15) is 9.59 Å². The van der Waals surface area contributed by atoms with Crippen molar-refractivity contribution in [2.75, 3.05) is 69.7 Å². The molecular weight excluding hydrogens is 510 g/mol. The van der Waals surface area contributed by atoms with Crippen LogP contribution in [0.4, 0.5) is 11.4 Å². The van der Waals surface area contributed by atoms with Crippen LogP contribution in [0.15, 0.2) is 36.4 Å². The molecule has 5 fully saturated rings. The van der Waals surface area contributed by atoms with Gasteiger partial charge in [-0.25, -0.2) is 0 Å². The van der Waals surface area contributed by atoms with E-state index in [1.165, 1.54) is 5.69 Å². The molecule has 1 aromatic carbocycles. The van der Waals surface area contributed by atoms with Crippen molar-refractivity contribution in [1.82, 2.24) is 35.8 Å². The molecule has 0 radical (unpaired) electrons. The lowest BCUT2D eigenvalue weighted by Crippen LogP contribution is -2.72. The van der Waals surface area contributed by atoms with Crippen molar-refractivity contribution < 1.29 is 14.3 Å². The Morgan fingerprint density at radius 3 is 2.60 bits per heavy atom. The molecule has 2 amide bonds. The van der Waals surface area contributed by atoms with Gasteiger partial charge in [0.05, 0.1) is 30.9 Å². The van der Waals surface area contributed by atoms with Crippen LogP contribution in [0, 0.1) is 5.92 Å². The number of piperazine rings is 1. The standard InChI is InChI=1S/C28H41N9O3/c1-33-13-15-34(16-14-33)20-7-5-19(6-8-20)30-28-29-17-21-25(32-28)37-23-10-9-22-26(31-23)35(24(38)18-40-22)11-3-2-4-12-36(37)27(21)39/h2,4-8,21-23,25-26,28-32H,3,9-18H2,1H3/b4-2+. The molecule has 5 saturated heterocycles. The molecule has 6 atom stereocenters. The second-order valence-electron chi connectivity index (χ2n) is 11.7. The van der Waals surface area contributed by atoms with Crippen LogP contribution >= 0.6 is 0 Å². The number of benzene rings is 1. The molecule has 2 bridgehead atoms. The SMILES string of the molecule is CN1CCN(c2ccc(NC3NCC4C(=O)N5C/C=C/CCN6C(=O)COC7CCC(NC76)N5C4N3)cc2)CC1. The predicted octanol–water partition coefficient (Wildman–Crippen LogP) is -0.449. The fraction of sp³-hybridized carbons (Fsp3) is 0.643. The Labute approximate surface area is 235 Å². The van der Waals surface area contributed by atoms with Crippen molar-refractivity contribution in [2.24, 2.45) is 5.92 Å². The zero-order valence-corrected chi connectivity index (χ0v) is 23.2. The number of nitrogens with zero attached hydrogens (tertiary/aromatic N) is 5. The predicted molar refractivity (Wildman–Crippen MR) is 151 cm³/mol. The number of hydrogen-bond acceptors (Lipinski definition) is 10. The van der Waals surface area contributed by atoms with Crippen LogP contribution in [0.5, 0.6) is 0 Å². The Morgan fingerprint density at radius 2 is 1.77 bits per heavy atom. The Hall–Kier alpha value is -2.74. The van der Waals surface area contributed by atoms with E-state index in [0.29, 0.717) is 19.6 Å². The lowest BCUT2D eigenvalue weighted by molar-refractivity contribution is -0.175. The number of rotatable bonds is 3. The normalized spacial score (nSPS) is 36.1. The summed E-state index contributed by atoms with van der Waals surface area (Å²) < 4.78 is 5.91. The maximum absolute atomic E-state index is 13.6. The Balaban J connectivity index is 1.07. The zero-order chi connectivity index (χ0) is 27.2. The van der Waals surface area contributed by atoms with E-state index in [-0.39, 0.29) is 55.2 Å². The number of hydrazine groups is 1. The highest BCUT2D eigenvalue weighted by Gasteiger charge is 2.53. The Bertz CT molecular complexity index is 1120. The van der Waals surface area contributed by atoms with Crippen LogP contribution < -0.4 is 26.2 Å². The van der Waals surface area contributed by atoms with Gasteiger partial charge in [0.2, 0.25) is 11.8 Å². The van der Waals surface area contributed by atoms with Crippen LogP contribution in [-0.2, 0) is 14.3 Å². The van der Waals surface area contributed by atoms with Gasteiger partial charge in [0, 0.05) is 50.6 Å². The third kappa shape index (κ3) is 4.86. The summed E-state index contributed by atoms with van der Waals surface area (Å²) >= 11 is 0. The van der Waals surface area contributed by atoms with Gasteiger partial charge in [-0.2, -0.15) is 5.01 Å². The third-order valence-corrected chi connectivity index (χ3v) is 9.26. The Kier molecular flexibility index (Phi) is 7.14. The molecule has 7 rings (SSSR count). The summed E-state index contributed by atoms with van der Waals surface area (Å²) in [5.41, 5.74) is 2.27. The lowest BCUT2D eigenvalue weighted by Gasteiger charge is -2.50. The van der Waals surface area contributed by atoms with Gasteiger partial charge in [-0.3, -0.25) is 30.5 Å². The molecule has 0 spiro atoms. The first kappa shape index (κ1) is 26.2. The Morgan fingerprint density at radius 1 is 0.950 bits per heavy atom. The van der Waals surface area contributed by atoms with Gasteiger partial charge in [0.1, 0.15) is 19.1 Å². The molecule has 40 heavy (non-hydrogen) atoms. The van der Waals surface area contributed by atoms with E-state index in [1.54, 1.807) is 0 Å². The minimum Gasteiger partial charge on any atom is -0.369 e. The van der Waals surface area contributed by atoms with Gasteiger partial charge < -0.3 is 24.8 Å². The monoisotopic (exact) mass is 551 g/mol. The molecule has 0 aromatic heterocycles. The van der Waals surface area contributed by atoms with Crippen LogP contribution in [0.25, 0.3) is 0 Å². The van der Waals surface area contributed by atoms with Crippen molar-refractivity contribution >= 4 is 23.2 Å².